The van der Waals surface area contributed by atoms with E-state index in [1.54, 1.807) is 24.3 Å². The zero-order valence-corrected chi connectivity index (χ0v) is 20.5. The van der Waals surface area contributed by atoms with E-state index in [2.05, 4.69) is 4.57 Å². The molecule has 0 spiro atoms. The van der Waals surface area contributed by atoms with Crippen LogP contribution in [-0.2, 0) is 32.7 Å². The molecule has 0 bridgehead atoms. The first kappa shape index (κ1) is 24.1. The van der Waals surface area contributed by atoms with Crippen molar-refractivity contribution in [1.29, 1.82) is 0 Å². The first-order valence-electron chi connectivity index (χ1n) is 12.0. The Morgan fingerprint density at radius 1 is 0.919 bits per heavy atom. The van der Waals surface area contributed by atoms with Gasteiger partial charge in [0, 0.05) is 30.4 Å². The van der Waals surface area contributed by atoms with E-state index in [0.29, 0.717) is 22.8 Å². The number of aryl methyl sites for hydroxylation is 3. The lowest BCUT2D eigenvalue weighted by atomic mass is 10.0. The van der Waals surface area contributed by atoms with Crippen molar-refractivity contribution in [1.82, 2.24) is 5.06 Å². The molecular formula is C29H25N2O6+. The van der Waals surface area contributed by atoms with E-state index < -0.39 is 23.8 Å². The molecule has 1 fully saturated rings. The van der Waals surface area contributed by atoms with Gasteiger partial charge in [-0.25, -0.2) is 9.59 Å². The average Bonchev–Trinajstić information content (AvgIpc) is 3.20. The number of para-hydroxylation sites is 1. The maximum absolute atomic E-state index is 13.3. The molecule has 8 heteroatoms. The Hall–Kier alpha value is -4.59. The minimum absolute atomic E-state index is 0.00360. The Bertz CT molecular complexity index is 1560. The van der Waals surface area contributed by atoms with E-state index in [0.717, 1.165) is 32.9 Å². The van der Waals surface area contributed by atoms with Gasteiger partial charge in [0.25, 0.3) is 11.8 Å². The number of nitrogens with zero attached hydrogens (tertiary/aromatic N) is 2. The van der Waals surface area contributed by atoms with E-state index in [4.69, 9.17) is 9.57 Å². The van der Waals surface area contributed by atoms with Crippen LogP contribution in [0.3, 0.4) is 0 Å². The Balaban J connectivity index is 1.29. The van der Waals surface area contributed by atoms with Crippen molar-refractivity contribution in [2.45, 2.75) is 32.6 Å². The first-order chi connectivity index (χ1) is 17.8. The number of carbonyl (C=O) groups excluding carboxylic acids is 4. The molecule has 186 valence electrons. The second kappa shape index (κ2) is 9.81. The second-order valence-corrected chi connectivity index (χ2v) is 9.03. The number of aromatic nitrogens is 1. The molecule has 0 unspecified atom stereocenters. The number of rotatable bonds is 6. The topological polar surface area (TPSA) is 93.9 Å². The van der Waals surface area contributed by atoms with Crippen LogP contribution in [0.5, 0.6) is 5.75 Å². The van der Waals surface area contributed by atoms with Crippen LogP contribution in [0, 0.1) is 6.92 Å². The molecule has 3 aromatic carbocycles. The summed E-state index contributed by atoms with van der Waals surface area (Å²) in [6.07, 6.45) is 0.449. The van der Waals surface area contributed by atoms with Crippen LogP contribution < -0.4 is 9.30 Å². The van der Waals surface area contributed by atoms with Crippen molar-refractivity contribution >= 4 is 45.6 Å². The molecule has 1 aliphatic rings. The highest BCUT2D eigenvalue weighted by molar-refractivity contribution is 6.07. The molecular weight excluding hydrogens is 472 g/mol. The van der Waals surface area contributed by atoms with Gasteiger partial charge in [-0.1, -0.05) is 30.3 Å². The number of hydroxylamine groups is 2. The molecule has 37 heavy (non-hydrogen) atoms. The molecule has 2 heterocycles. The predicted molar refractivity (Wildman–Crippen MR) is 134 cm³/mol. The van der Waals surface area contributed by atoms with Crippen molar-refractivity contribution in [3.8, 4) is 5.75 Å². The number of pyridine rings is 1. The van der Waals surface area contributed by atoms with Crippen LogP contribution in [0.15, 0.2) is 66.7 Å². The number of amides is 2. The smallest absolute Gasteiger partial charge is 0.344 e. The van der Waals surface area contributed by atoms with Gasteiger partial charge in [-0.3, -0.25) is 9.59 Å². The van der Waals surface area contributed by atoms with Crippen LogP contribution in [0.2, 0.25) is 0 Å². The van der Waals surface area contributed by atoms with Gasteiger partial charge in [-0.15, -0.1) is 5.06 Å². The highest BCUT2D eigenvalue weighted by Crippen LogP contribution is 2.26. The highest BCUT2D eigenvalue weighted by atomic mass is 16.7. The summed E-state index contributed by atoms with van der Waals surface area (Å²) >= 11 is 0. The van der Waals surface area contributed by atoms with Gasteiger partial charge in [0.2, 0.25) is 11.0 Å². The minimum Gasteiger partial charge on any atom is -0.423 e. The second-order valence-electron chi connectivity index (χ2n) is 9.03. The number of carbonyl (C=O) groups is 4. The molecule has 0 saturated carbocycles. The predicted octanol–water partition coefficient (Wildman–Crippen LogP) is 3.88. The summed E-state index contributed by atoms with van der Waals surface area (Å²) in [5.74, 6) is -1.74. The summed E-state index contributed by atoms with van der Waals surface area (Å²) in [6, 6.07) is 20.8. The summed E-state index contributed by atoms with van der Waals surface area (Å²) < 4.78 is 7.78. The summed E-state index contributed by atoms with van der Waals surface area (Å²) in [7, 11) is 1.98. The monoisotopic (exact) mass is 497 g/mol. The van der Waals surface area contributed by atoms with Crippen LogP contribution in [0.1, 0.15) is 40.7 Å². The largest absolute Gasteiger partial charge is 0.423 e. The standard InChI is InChI=1S/C29H25N2O6/c1-18-7-13-24-22(17-20-5-3-4-6-23(20)30(24)2)28(18)29(35)36-21-11-8-19(9-12-21)10-16-27(34)37-31-25(32)14-15-26(31)33/h3-9,11-13,17H,10,14-16H2,1-2H3/q+1. The Kier molecular flexibility index (Phi) is 6.40. The molecule has 1 aromatic heterocycles. The lowest BCUT2D eigenvalue weighted by molar-refractivity contribution is -0.617. The van der Waals surface area contributed by atoms with E-state index in [1.807, 2.05) is 56.4 Å². The zero-order valence-electron chi connectivity index (χ0n) is 20.5. The molecule has 4 aromatic rings. The van der Waals surface area contributed by atoms with Crippen LogP contribution in [0.25, 0.3) is 21.8 Å². The highest BCUT2D eigenvalue weighted by Gasteiger charge is 2.32. The van der Waals surface area contributed by atoms with Gasteiger partial charge in [0.1, 0.15) is 12.8 Å². The van der Waals surface area contributed by atoms with Gasteiger partial charge in [-0.2, -0.15) is 4.57 Å². The molecule has 0 atom stereocenters. The van der Waals surface area contributed by atoms with Gasteiger partial charge in [0.15, 0.2) is 0 Å². The lowest BCUT2D eigenvalue weighted by Gasteiger charge is -2.12. The number of hydrogen-bond donors (Lipinski definition) is 0. The third kappa shape index (κ3) is 4.78. The normalized spacial score (nSPS) is 13.4. The summed E-state index contributed by atoms with van der Waals surface area (Å²) in [6.45, 7) is 1.89. The third-order valence-electron chi connectivity index (χ3n) is 6.54. The number of hydrogen-bond acceptors (Lipinski definition) is 6. The zero-order chi connectivity index (χ0) is 26.1. The fourth-order valence-electron chi connectivity index (χ4n) is 4.56. The lowest BCUT2D eigenvalue weighted by Crippen LogP contribution is -2.32. The van der Waals surface area contributed by atoms with Crippen molar-refractivity contribution in [2.24, 2.45) is 7.05 Å². The van der Waals surface area contributed by atoms with Gasteiger partial charge >= 0.3 is 11.9 Å². The number of benzene rings is 3. The van der Waals surface area contributed by atoms with E-state index >= 15 is 0 Å². The molecule has 1 saturated heterocycles. The van der Waals surface area contributed by atoms with Crippen molar-refractivity contribution < 1.29 is 33.3 Å². The molecule has 1 aliphatic heterocycles. The number of fused-ring (bicyclic) bond motifs is 2. The van der Waals surface area contributed by atoms with Crippen molar-refractivity contribution in [3.05, 3.63) is 83.4 Å². The number of ether oxygens (including phenoxy) is 1. The molecule has 2 amide bonds. The van der Waals surface area contributed by atoms with Gasteiger partial charge in [-0.05, 0) is 48.7 Å². The molecule has 5 rings (SSSR count). The van der Waals surface area contributed by atoms with E-state index in [9.17, 15) is 19.2 Å². The maximum atomic E-state index is 13.3. The minimum atomic E-state index is -0.661. The summed E-state index contributed by atoms with van der Waals surface area (Å²) in [5.41, 5.74) is 4.14. The summed E-state index contributed by atoms with van der Waals surface area (Å²) in [4.78, 5) is 53.3. The van der Waals surface area contributed by atoms with E-state index in [1.165, 1.54) is 0 Å². The summed E-state index contributed by atoms with van der Waals surface area (Å²) in [5, 5.41) is 2.39. The first-order valence-corrected chi connectivity index (χ1v) is 12.0. The van der Waals surface area contributed by atoms with Gasteiger partial charge in [0.05, 0.1) is 17.4 Å². The van der Waals surface area contributed by atoms with Crippen molar-refractivity contribution in [2.75, 3.05) is 0 Å². The fourth-order valence-corrected chi connectivity index (χ4v) is 4.56. The van der Waals surface area contributed by atoms with E-state index in [-0.39, 0.29) is 19.3 Å². The maximum Gasteiger partial charge on any atom is 0.344 e. The Labute approximate surface area is 213 Å². The quantitative estimate of drug-likeness (QED) is 0.132. The van der Waals surface area contributed by atoms with Crippen LogP contribution >= 0.6 is 0 Å². The van der Waals surface area contributed by atoms with Crippen LogP contribution in [0.4, 0.5) is 0 Å². The SMILES string of the molecule is Cc1ccc2c(cc3ccccc3[n+]2C)c1C(=O)Oc1ccc(CCC(=O)ON2C(=O)CCC2=O)cc1. The third-order valence-corrected chi connectivity index (χ3v) is 6.54. The molecule has 8 nitrogen and oxygen atoms in total. The fraction of sp³-hybridized carbons (Fsp3) is 0.207. The van der Waals surface area contributed by atoms with Crippen LogP contribution in [-0.4, -0.2) is 28.8 Å². The molecule has 0 N–H and O–H groups in total. The van der Waals surface area contributed by atoms with Gasteiger partial charge < -0.3 is 9.57 Å². The molecule has 0 radical (unpaired) electrons. The molecule has 0 aliphatic carbocycles. The average molecular weight is 498 g/mol. The number of imide groups is 1. The number of esters is 1. The Morgan fingerprint density at radius 2 is 1.62 bits per heavy atom. The van der Waals surface area contributed by atoms with Crippen molar-refractivity contribution in [3.63, 3.8) is 0 Å². The Morgan fingerprint density at radius 3 is 2.35 bits per heavy atom.